The molecule has 4 rings (SSSR count). The zero-order chi connectivity index (χ0) is 23.0. The maximum atomic E-state index is 12.7. The minimum absolute atomic E-state index is 0.00373. The van der Waals surface area contributed by atoms with E-state index >= 15 is 0 Å². The Morgan fingerprint density at radius 2 is 2.09 bits per heavy atom. The Morgan fingerprint density at radius 3 is 2.72 bits per heavy atom. The Morgan fingerprint density at radius 1 is 1.34 bits per heavy atom. The van der Waals surface area contributed by atoms with Gasteiger partial charge in [-0.3, -0.25) is 0 Å². The smallest absolute Gasteiger partial charge is 0.317 e. The molecule has 3 aliphatic rings. The molecule has 1 aromatic rings. The highest BCUT2D eigenvalue weighted by Crippen LogP contribution is 2.45. The van der Waals surface area contributed by atoms with Gasteiger partial charge in [0.2, 0.25) is 0 Å². The molecule has 8 heteroatoms. The van der Waals surface area contributed by atoms with Crippen molar-refractivity contribution in [3.63, 3.8) is 0 Å². The third-order valence-electron chi connectivity index (χ3n) is 6.85. The number of urea groups is 1. The summed E-state index contributed by atoms with van der Waals surface area (Å²) in [6.07, 6.45) is 2.99. The van der Waals surface area contributed by atoms with E-state index < -0.39 is 0 Å². The van der Waals surface area contributed by atoms with E-state index in [4.69, 9.17) is 14.8 Å². The van der Waals surface area contributed by atoms with Gasteiger partial charge in [-0.1, -0.05) is 13.8 Å². The average Bonchev–Trinajstić information content (AvgIpc) is 3.60. The largest absolute Gasteiger partial charge is 0.395 e. The minimum Gasteiger partial charge on any atom is -0.395 e. The topological polar surface area (TPSA) is 102 Å². The molecular weight excluding hydrogens is 406 g/mol. The molecule has 1 aromatic heterocycles. The van der Waals surface area contributed by atoms with Crippen LogP contribution in [-0.4, -0.2) is 65.5 Å². The van der Waals surface area contributed by atoms with Crippen molar-refractivity contribution in [3.8, 4) is 6.07 Å². The van der Waals surface area contributed by atoms with Crippen LogP contribution in [-0.2, 0) is 17.8 Å². The van der Waals surface area contributed by atoms with Crippen molar-refractivity contribution >= 4 is 11.8 Å². The summed E-state index contributed by atoms with van der Waals surface area (Å²) in [5.41, 5.74) is 3.69. The number of anilines is 1. The van der Waals surface area contributed by atoms with Gasteiger partial charge in [0.1, 0.15) is 11.9 Å². The number of hydrogen-bond donors (Lipinski definition) is 2. The molecule has 2 amide bonds. The summed E-state index contributed by atoms with van der Waals surface area (Å²) >= 11 is 0. The van der Waals surface area contributed by atoms with Gasteiger partial charge in [-0.2, -0.15) is 5.26 Å². The molecule has 1 saturated carbocycles. The summed E-state index contributed by atoms with van der Waals surface area (Å²) in [6.45, 7) is 10.9. The summed E-state index contributed by atoms with van der Waals surface area (Å²) in [7, 11) is 0. The first-order valence-corrected chi connectivity index (χ1v) is 11.8. The molecular formula is C24H35N5O3. The van der Waals surface area contributed by atoms with Crippen molar-refractivity contribution in [2.45, 2.75) is 71.1 Å². The number of nitrogens with one attached hydrogen (secondary N) is 1. The molecule has 3 heterocycles. The lowest BCUT2D eigenvalue weighted by Gasteiger charge is -2.44. The molecule has 1 aliphatic carbocycles. The quantitative estimate of drug-likeness (QED) is 0.728. The van der Waals surface area contributed by atoms with Crippen molar-refractivity contribution in [3.05, 3.63) is 22.4 Å². The van der Waals surface area contributed by atoms with Crippen LogP contribution >= 0.6 is 0 Å². The van der Waals surface area contributed by atoms with Crippen LogP contribution in [0.2, 0.25) is 0 Å². The van der Waals surface area contributed by atoms with Gasteiger partial charge in [0.05, 0.1) is 36.1 Å². The summed E-state index contributed by atoms with van der Waals surface area (Å²) in [5, 5.41) is 22.0. The van der Waals surface area contributed by atoms with Gasteiger partial charge in [-0.25, -0.2) is 9.78 Å². The number of rotatable bonds is 5. The Hall–Kier alpha value is -2.37. The van der Waals surface area contributed by atoms with E-state index in [1.54, 1.807) is 0 Å². The zero-order valence-corrected chi connectivity index (χ0v) is 19.6. The lowest BCUT2D eigenvalue weighted by atomic mass is 9.87. The number of amides is 2. The van der Waals surface area contributed by atoms with Gasteiger partial charge in [0, 0.05) is 44.1 Å². The number of nitrogens with zero attached hydrogens (tertiary/aromatic N) is 4. The number of aliphatic hydroxyl groups is 1. The van der Waals surface area contributed by atoms with Crippen molar-refractivity contribution in [2.75, 3.05) is 37.7 Å². The SMILES string of the molecule is CC(C)C1CN(c2nc(C3CC3)c3c(c2C#N)CC(C)(C)OC3)CCN1C(=O)NCCO. The van der Waals surface area contributed by atoms with Gasteiger partial charge < -0.3 is 25.0 Å². The summed E-state index contributed by atoms with van der Waals surface area (Å²) in [4.78, 5) is 21.8. The van der Waals surface area contributed by atoms with Crippen molar-refractivity contribution in [1.29, 1.82) is 5.26 Å². The summed E-state index contributed by atoms with van der Waals surface area (Å²) in [5.74, 6) is 1.48. The van der Waals surface area contributed by atoms with E-state index in [1.165, 1.54) is 0 Å². The number of ether oxygens (including phenoxy) is 1. The molecule has 0 radical (unpaired) electrons. The van der Waals surface area contributed by atoms with Crippen molar-refractivity contribution < 1.29 is 14.6 Å². The first-order chi connectivity index (χ1) is 15.3. The maximum absolute atomic E-state index is 12.7. The van der Waals surface area contributed by atoms with Gasteiger partial charge in [-0.15, -0.1) is 0 Å². The lowest BCUT2D eigenvalue weighted by Crippen LogP contribution is -2.60. The second-order valence-electron chi connectivity index (χ2n) is 10.2. The number of aromatic nitrogens is 1. The summed E-state index contributed by atoms with van der Waals surface area (Å²) < 4.78 is 6.08. The molecule has 2 N–H and O–H groups in total. The second-order valence-corrected chi connectivity index (χ2v) is 10.2. The minimum atomic E-state index is -0.304. The molecule has 1 atom stereocenters. The number of aliphatic hydroxyl groups excluding tert-OH is 1. The van der Waals surface area contributed by atoms with Gasteiger partial charge in [0.25, 0.3) is 0 Å². The summed E-state index contributed by atoms with van der Waals surface area (Å²) in [6, 6.07) is 2.32. The molecule has 32 heavy (non-hydrogen) atoms. The fourth-order valence-electron chi connectivity index (χ4n) is 4.91. The third kappa shape index (κ3) is 4.41. The number of fused-ring (bicyclic) bond motifs is 1. The van der Waals surface area contributed by atoms with Crippen LogP contribution < -0.4 is 10.2 Å². The monoisotopic (exact) mass is 441 g/mol. The van der Waals surface area contributed by atoms with Crippen LogP contribution in [0.15, 0.2) is 0 Å². The Kier molecular flexibility index (Phi) is 6.33. The average molecular weight is 442 g/mol. The number of carbonyl (C=O) groups excluding carboxylic acids is 1. The Balaban J connectivity index is 1.68. The predicted octanol–water partition coefficient (Wildman–Crippen LogP) is 2.53. The van der Waals surface area contributed by atoms with Crippen LogP contribution in [0, 0.1) is 17.2 Å². The van der Waals surface area contributed by atoms with Gasteiger partial charge in [-0.05, 0) is 38.2 Å². The van der Waals surface area contributed by atoms with E-state index in [-0.39, 0.29) is 36.7 Å². The van der Waals surface area contributed by atoms with Crippen molar-refractivity contribution in [1.82, 2.24) is 15.2 Å². The lowest BCUT2D eigenvalue weighted by molar-refractivity contribution is -0.0407. The first kappa shape index (κ1) is 22.8. The molecule has 2 aliphatic heterocycles. The van der Waals surface area contributed by atoms with E-state index in [2.05, 4.69) is 44.0 Å². The van der Waals surface area contributed by atoms with E-state index in [0.717, 1.165) is 35.5 Å². The Labute approximate surface area is 190 Å². The highest BCUT2D eigenvalue weighted by Gasteiger charge is 2.39. The van der Waals surface area contributed by atoms with Crippen molar-refractivity contribution in [2.24, 2.45) is 5.92 Å². The van der Waals surface area contributed by atoms with Crippen LogP contribution in [0.5, 0.6) is 0 Å². The normalized spacial score (nSPS) is 22.5. The number of carbonyl (C=O) groups is 1. The molecule has 1 saturated heterocycles. The molecule has 0 bridgehead atoms. The fraction of sp³-hybridized carbons (Fsp3) is 0.708. The molecule has 0 aromatic carbocycles. The van der Waals surface area contributed by atoms with Crippen LogP contribution in [0.4, 0.5) is 10.6 Å². The predicted molar refractivity (Wildman–Crippen MR) is 122 cm³/mol. The second kappa shape index (κ2) is 8.87. The van der Waals surface area contributed by atoms with E-state index in [9.17, 15) is 10.1 Å². The molecule has 174 valence electrons. The third-order valence-corrected chi connectivity index (χ3v) is 6.85. The standard InChI is InChI=1S/C24H35N5O3/c1-15(2)20-13-28(8-9-29(20)23(31)26-7-10-30)22-18(12-25)17-11-24(3,4)32-14-19(17)21(27-22)16-5-6-16/h15-16,20,30H,5-11,13-14H2,1-4H3,(H,26,31). The van der Waals surface area contributed by atoms with Gasteiger partial charge >= 0.3 is 6.03 Å². The Bertz CT molecular complexity index is 919. The number of pyridine rings is 1. The number of nitriles is 1. The number of piperazine rings is 1. The van der Waals surface area contributed by atoms with Crippen LogP contribution in [0.1, 0.15) is 68.8 Å². The highest BCUT2D eigenvalue weighted by molar-refractivity contribution is 5.75. The number of hydrogen-bond acceptors (Lipinski definition) is 6. The van der Waals surface area contributed by atoms with Crippen LogP contribution in [0.25, 0.3) is 0 Å². The van der Waals surface area contributed by atoms with Crippen LogP contribution in [0.3, 0.4) is 0 Å². The molecule has 1 unspecified atom stereocenters. The van der Waals surface area contributed by atoms with Gasteiger partial charge in [0.15, 0.2) is 0 Å². The highest BCUT2D eigenvalue weighted by atomic mass is 16.5. The van der Waals surface area contributed by atoms with E-state index in [0.29, 0.717) is 44.1 Å². The molecule has 2 fully saturated rings. The molecule has 0 spiro atoms. The zero-order valence-electron chi connectivity index (χ0n) is 19.6. The van der Waals surface area contributed by atoms with E-state index in [1.807, 2.05) is 4.90 Å². The first-order valence-electron chi connectivity index (χ1n) is 11.8. The fourth-order valence-corrected chi connectivity index (χ4v) is 4.91. The maximum Gasteiger partial charge on any atom is 0.317 e. The molecule has 8 nitrogen and oxygen atoms in total.